The number of phenolic OH excluding ortho intramolecular Hbond substituents is 1. The zero-order chi connectivity index (χ0) is 31.3. The maximum Gasteiger partial charge on any atom is 0.255 e. The first-order chi connectivity index (χ1) is 21.9. The second-order valence-corrected chi connectivity index (χ2v) is 11.1. The van der Waals surface area contributed by atoms with Crippen molar-refractivity contribution in [2.75, 3.05) is 33.9 Å². The Morgan fingerprint density at radius 2 is 1.84 bits per heavy atom. The van der Waals surface area contributed by atoms with Crippen LogP contribution in [0.3, 0.4) is 0 Å². The second-order valence-electron chi connectivity index (χ2n) is 11.1. The average Bonchev–Trinajstić information content (AvgIpc) is 3.06. The molecule has 9 heteroatoms. The molecule has 0 saturated heterocycles. The van der Waals surface area contributed by atoms with Gasteiger partial charge in [-0.25, -0.2) is 0 Å². The number of ether oxygens (including phenoxy) is 4. The van der Waals surface area contributed by atoms with Crippen LogP contribution in [0, 0.1) is 0 Å². The van der Waals surface area contributed by atoms with Crippen molar-refractivity contribution in [2.24, 2.45) is 0 Å². The third-order valence-corrected chi connectivity index (χ3v) is 8.25. The van der Waals surface area contributed by atoms with Gasteiger partial charge in [-0.2, -0.15) is 0 Å². The van der Waals surface area contributed by atoms with Crippen LogP contribution in [0.4, 0.5) is 0 Å². The Balaban J connectivity index is 1.38. The Bertz CT molecular complexity index is 1700. The molecule has 2 amide bonds. The zero-order valence-corrected chi connectivity index (χ0v) is 25.4. The van der Waals surface area contributed by atoms with Crippen molar-refractivity contribution in [3.8, 4) is 34.5 Å². The lowest BCUT2D eigenvalue weighted by molar-refractivity contribution is -0.133. The van der Waals surface area contributed by atoms with Crippen molar-refractivity contribution in [3.05, 3.63) is 107 Å². The smallest absolute Gasteiger partial charge is 0.255 e. The molecular formula is C36H36N2O7. The summed E-state index contributed by atoms with van der Waals surface area (Å²) < 4.78 is 23.4. The van der Waals surface area contributed by atoms with Gasteiger partial charge in [0.05, 0.1) is 32.4 Å². The number of hydrogen-bond donors (Lipinski definition) is 2. The molecule has 9 nitrogen and oxygen atoms in total. The predicted molar refractivity (Wildman–Crippen MR) is 169 cm³/mol. The SMILES string of the molecule is COc1ccc(CCC(=O)N2CCc3cc4c(OC)cc3C2c2cccc(c2)OCCCNC(=O)c2cc(ccc2O)O4)cc1. The highest BCUT2D eigenvalue weighted by Gasteiger charge is 2.33. The second kappa shape index (κ2) is 13.2. The first-order valence-electron chi connectivity index (χ1n) is 15.1. The summed E-state index contributed by atoms with van der Waals surface area (Å²) in [5.74, 6) is 2.32. The molecule has 45 heavy (non-hydrogen) atoms. The van der Waals surface area contributed by atoms with Crippen LogP contribution < -0.4 is 24.3 Å². The molecule has 8 bridgehead atoms. The minimum atomic E-state index is -0.405. The van der Waals surface area contributed by atoms with Crippen LogP contribution in [0.5, 0.6) is 34.5 Å². The highest BCUT2D eigenvalue weighted by molar-refractivity contribution is 5.97. The van der Waals surface area contributed by atoms with Gasteiger partial charge in [-0.15, -0.1) is 0 Å². The molecule has 0 aliphatic carbocycles. The van der Waals surface area contributed by atoms with Gasteiger partial charge < -0.3 is 34.3 Å². The molecule has 3 heterocycles. The summed E-state index contributed by atoms with van der Waals surface area (Å²) in [7, 11) is 3.21. The van der Waals surface area contributed by atoms with Gasteiger partial charge in [-0.05, 0) is 96.1 Å². The normalized spacial score (nSPS) is 16.0. The van der Waals surface area contributed by atoms with Gasteiger partial charge in [0, 0.05) is 19.5 Å². The van der Waals surface area contributed by atoms with Crippen molar-refractivity contribution < 1.29 is 33.6 Å². The molecule has 232 valence electrons. The molecule has 0 saturated carbocycles. The van der Waals surface area contributed by atoms with E-state index in [2.05, 4.69) is 5.32 Å². The van der Waals surface area contributed by atoms with Crippen LogP contribution in [-0.2, 0) is 17.6 Å². The molecule has 4 aromatic rings. The summed E-state index contributed by atoms with van der Waals surface area (Å²) in [5, 5.41) is 13.2. The molecule has 3 aliphatic heterocycles. The van der Waals surface area contributed by atoms with E-state index >= 15 is 0 Å². The number of aromatic hydroxyl groups is 1. The Hall–Kier alpha value is -5.18. The van der Waals surface area contributed by atoms with Crippen molar-refractivity contribution >= 4 is 11.8 Å². The van der Waals surface area contributed by atoms with E-state index in [4.69, 9.17) is 18.9 Å². The molecule has 0 aromatic heterocycles. The van der Waals surface area contributed by atoms with E-state index < -0.39 is 5.91 Å². The molecule has 4 aromatic carbocycles. The fourth-order valence-electron chi connectivity index (χ4n) is 5.90. The Labute approximate surface area is 262 Å². The topological polar surface area (TPSA) is 107 Å². The van der Waals surface area contributed by atoms with Crippen molar-refractivity contribution in [1.29, 1.82) is 0 Å². The van der Waals surface area contributed by atoms with E-state index in [-0.39, 0.29) is 23.3 Å². The molecule has 2 N–H and O–H groups in total. The van der Waals surface area contributed by atoms with E-state index in [1.807, 2.05) is 65.6 Å². The third-order valence-electron chi connectivity index (χ3n) is 8.25. The van der Waals surface area contributed by atoms with Crippen molar-refractivity contribution in [2.45, 2.75) is 31.7 Å². The summed E-state index contributed by atoms with van der Waals surface area (Å²) in [6.07, 6.45) is 2.17. The fourth-order valence-corrected chi connectivity index (χ4v) is 5.90. The van der Waals surface area contributed by atoms with Gasteiger partial charge in [0.2, 0.25) is 5.91 Å². The monoisotopic (exact) mass is 608 g/mol. The Morgan fingerprint density at radius 3 is 2.64 bits per heavy atom. The lowest BCUT2D eigenvalue weighted by atomic mass is 9.87. The summed E-state index contributed by atoms with van der Waals surface area (Å²) in [6.45, 7) is 1.27. The number of amides is 2. The van der Waals surface area contributed by atoms with Crippen molar-refractivity contribution in [3.63, 3.8) is 0 Å². The number of phenols is 1. The number of carbonyl (C=O) groups excluding carboxylic acids is 2. The molecule has 1 unspecified atom stereocenters. The highest BCUT2D eigenvalue weighted by atomic mass is 16.5. The molecular weight excluding hydrogens is 572 g/mol. The fraction of sp³-hybridized carbons (Fsp3) is 0.278. The number of nitrogens with one attached hydrogen (secondary N) is 1. The number of carbonyl (C=O) groups is 2. The van der Waals surface area contributed by atoms with E-state index in [1.165, 1.54) is 12.1 Å². The maximum atomic E-state index is 13.9. The highest BCUT2D eigenvalue weighted by Crippen LogP contribution is 2.43. The van der Waals surface area contributed by atoms with Crippen LogP contribution >= 0.6 is 0 Å². The van der Waals surface area contributed by atoms with Gasteiger partial charge in [0.25, 0.3) is 5.91 Å². The van der Waals surface area contributed by atoms with Crippen LogP contribution in [0.2, 0.25) is 0 Å². The van der Waals surface area contributed by atoms with E-state index in [9.17, 15) is 14.7 Å². The Morgan fingerprint density at radius 1 is 1.00 bits per heavy atom. The van der Waals surface area contributed by atoms with Gasteiger partial charge in [-0.3, -0.25) is 9.59 Å². The first-order valence-corrected chi connectivity index (χ1v) is 15.1. The molecule has 7 rings (SSSR count). The van der Waals surface area contributed by atoms with Crippen LogP contribution in [0.25, 0.3) is 0 Å². The minimum Gasteiger partial charge on any atom is -0.507 e. The number of fused-ring (bicyclic) bond motifs is 6. The summed E-state index contributed by atoms with van der Waals surface area (Å²) in [6, 6.07) is 23.7. The molecule has 3 aliphatic rings. The zero-order valence-electron chi connectivity index (χ0n) is 25.4. The minimum absolute atomic E-state index is 0.0570. The number of rotatable bonds is 5. The summed E-state index contributed by atoms with van der Waals surface area (Å²) in [5.41, 5.74) is 4.09. The van der Waals surface area contributed by atoms with E-state index in [1.54, 1.807) is 20.3 Å². The number of aryl methyl sites for hydroxylation is 1. The molecule has 1 atom stereocenters. The van der Waals surface area contributed by atoms with Gasteiger partial charge in [0.1, 0.15) is 23.0 Å². The maximum absolute atomic E-state index is 13.9. The van der Waals surface area contributed by atoms with E-state index in [0.717, 1.165) is 28.0 Å². The quantitative estimate of drug-likeness (QED) is 0.294. The lowest BCUT2D eigenvalue weighted by Gasteiger charge is -2.38. The first kappa shape index (κ1) is 29.9. The number of benzene rings is 4. The number of hydrogen-bond acceptors (Lipinski definition) is 7. The van der Waals surface area contributed by atoms with E-state index in [0.29, 0.717) is 68.4 Å². The summed E-state index contributed by atoms with van der Waals surface area (Å²) >= 11 is 0. The van der Waals surface area contributed by atoms with Crippen molar-refractivity contribution in [1.82, 2.24) is 10.2 Å². The molecule has 0 radical (unpaired) electrons. The predicted octanol–water partition coefficient (Wildman–Crippen LogP) is 5.82. The standard InChI is InChI=1S/C36H36N2O7/c1-42-26-10-7-23(8-11-26)9-14-34(40)38-17-15-24-20-33-32(43-2)22-29(24)35(38)25-5-3-6-27(19-25)44-18-4-16-37-36(41)30-21-28(45-33)12-13-31(30)39/h3,5-8,10-13,19-22,35,39H,4,9,14-18H2,1-2H3,(H,37,41). The summed E-state index contributed by atoms with van der Waals surface area (Å²) in [4.78, 5) is 28.7. The largest absolute Gasteiger partial charge is 0.507 e. The molecule has 0 fully saturated rings. The molecule has 0 spiro atoms. The average molecular weight is 609 g/mol. The third kappa shape index (κ3) is 6.52. The van der Waals surface area contributed by atoms with Crippen LogP contribution in [-0.4, -0.2) is 55.7 Å². The lowest BCUT2D eigenvalue weighted by Crippen LogP contribution is -2.40. The van der Waals surface area contributed by atoms with Gasteiger partial charge in [-0.1, -0.05) is 24.3 Å². The Kier molecular flexibility index (Phi) is 8.77. The number of nitrogens with zero attached hydrogens (tertiary/aromatic N) is 1. The van der Waals surface area contributed by atoms with Gasteiger partial charge in [0.15, 0.2) is 11.5 Å². The van der Waals surface area contributed by atoms with Crippen LogP contribution in [0.15, 0.2) is 78.9 Å². The van der Waals surface area contributed by atoms with Crippen LogP contribution in [0.1, 0.15) is 51.5 Å². The number of methoxy groups -OCH3 is 2. The van der Waals surface area contributed by atoms with Gasteiger partial charge >= 0.3 is 0 Å².